The van der Waals surface area contributed by atoms with E-state index in [1.54, 1.807) is 49.7 Å². The van der Waals surface area contributed by atoms with Gasteiger partial charge < -0.3 is 15.0 Å². The van der Waals surface area contributed by atoms with Crippen LogP contribution < -0.4 is 5.32 Å². The number of benzene rings is 1. The minimum absolute atomic E-state index is 0.160. The van der Waals surface area contributed by atoms with Crippen molar-refractivity contribution in [2.45, 2.75) is 18.6 Å². The Balaban J connectivity index is 2.30. The van der Waals surface area contributed by atoms with Crippen LogP contribution in [-0.4, -0.2) is 30.3 Å². The molecule has 2 rings (SSSR count). The van der Waals surface area contributed by atoms with Crippen LogP contribution in [0, 0.1) is 5.41 Å². The second kappa shape index (κ2) is 6.09. The predicted octanol–water partition coefficient (Wildman–Crippen LogP) is 2.85. The summed E-state index contributed by atoms with van der Waals surface area (Å²) in [5.74, 6) is -2.41. The molecule has 0 spiro atoms. The number of carboxylic acid groups (broad SMARTS) is 1. The maximum Gasteiger partial charge on any atom is 0.319 e. The SMILES string of the molecule is CP(C)(=O)[C@@H](NC(=O)C1(C(=O)O)CC=CC1)c1ccccc1. The van der Waals surface area contributed by atoms with Crippen molar-refractivity contribution in [1.29, 1.82) is 0 Å². The summed E-state index contributed by atoms with van der Waals surface area (Å²) in [6.07, 6.45) is 3.71. The Morgan fingerprint density at radius 1 is 1.18 bits per heavy atom. The summed E-state index contributed by atoms with van der Waals surface area (Å²) in [4.78, 5) is 24.1. The number of aliphatic carboxylic acids is 1. The smallest absolute Gasteiger partial charge is 0.319 e. The summed E-state index contributed by atoms with van der Waals surface area (Å²) in [7, 11) is -2.70. The van der Waals surface area contributed by atoms with E-state index in [1.165, 1.54) is 0 Å². The monoisotopic (exact) mass is 321 g/mol. The lowest BCUT2D eigenvalue weighted by atomic mass is 9.84. The highest BCUT2D eigenvalue weighted by Gasteiger charge is 2.47. The summed E-state index contributed by atoms with van der Waals surface area (Å²) in [5.41, 5.74) is -0.766. The minimum atomic E-state index is -2.70. The highest BCUT2D eigenvalue weighted by molar-refractivity contribution is 7.62. The Bertz CT molecular complexity index is 639. The quantitative estimate of drug-likeness (QED) is 0.496. The summed E-state index contributed by atoms with van der Waals surface area (Å²) >= 11 is 0. The second-order valence-corrected chi connectivity index (χ2v) is 9.37. The van der Waals surface area contributed by atoms with Gasteiger partial charge in [0.05, 0.1) is 0 Å². The Morgan fingerprint density at radius 2 is 1.73 bits per heavy atom. The zero-order valence-electron chi connectivity index (χ0n) is 12.7. The van der Waals surface area contributed by atoms with Crippen molar-refractivity contribution in [2.24, 2.45) is 5.41 Å². The van der Waals surface area contributed by atoms with E-state index in [0.29, 0.717) is 0 Å². The van der Waals surface area contributed by atoms with E-state index in [4.69, 9.17) is 0 Å². The number of nitrogens with one attached hydrogen (secondary N) is 1. The van der Waals surface area contributed by atoms with Crippen LogP contribution in [0.1, 0.15) is 24.2 Å². The lowest BCUT2D eigenvalue weighted by Gasteiger charge is -2.29. The first kappa shape index (κ1) is 16.5. The molecule has 22 heavy (non-hydrogen) atoms. The van der Waals surface area contributed by atoms with Crippen molar-refractivity contribution >= 4 is 19.0 Å². The minimum Gasteiger partial charge on any atom is -0.480 e. The van der Waals surface area contributed by atoms with E-state index in [-0.39, 0.29) is 12.8 Å². The topological polar surface area (TPSA) is 83.5 Å². The van der Waals surface area contributed by atoms with E-state index in [2.05, 4.69) is 5.32 Å². The van der Waals surface area contributed by atoms with Crippen LogP contribution in [0.2, 0.25) is 0 Å². The molecule has 6 heteroatoms. The van der Waals surface area contributed by atoms with Gasteiger partial charge in [-0.15, -0.1) is 0 Å². The number of carbonyl (C=O) groups excluding carboxylic acids is 1. The molecule has 2 N–H and O–H groups in total. The first-order valence-electron chi connectivity index (χ1n) is 7.06. The van der Waals surface area contributed by atoms with E-state index >= 15 is 0 Å². The first-order valence-corrected chi connectivity index (χ1v) is 9.73. The molecule has 0 unspecified atom stereocenters. The zero-order chi connectivity index (χ0) is 16.4. The van der Waals surface area contributed by atoms with Crippen LogP contribution in [0.3, 0.4) is 0 Å². The normalized spacial score (nSPS) is 17.9. The third-order valence-corrected chi connectivity index (χ3v) is 5.62. The number of allylic oxidation sites excluding steroid dienone is 2. The van der Waals surface area contributed by atoms with Gasteiger partial charge >= 0.3 is 5.97 Å². The molecule has 0 aromatic heterocycles. The molecule has 0 fully saturated rings. The number of hydrogen-bond acceptors (Lipinski definition) is 3. The van der Waals surface area contributed by atoms with Crippen molar-refractivity contribution in [1.82, 2.24) is 5.32 Å². The lowest BCUT2D eigenvalue weighted by Crippen LogP contribution is -2.46. The molecule has 0 saturated carbocycles. The number of rotatable bonds is 5. The Labute approximate surface area is 129 Å². The molecule has 1 aromatic rings. The van der Waals surface area contributed by atoms with E-state index in [1.807, 2.05) is 6.07 Å². The highest BCUT2D eigenvalue weighted by atomic mass is 31.2. The maximum absolute atomic E-state index is 12.6. The third kappa shape index (κ3) is 3.14. The molecule has 1 amide bonds. The van der Waals surface area contributed by atoms with Gasteiger partial charge in [-0.1, -0.05) is 42.5 Å². The largest absolute Gasteiger partial charge is 0.480 e. The number of amides is 1. The molecule has 5 nitrogen and oxygen atoms in total. The van der Waals surface area contributed by atoms with Gasteiger partial charge in [0, 0.05) is 0 Å². The fraction of sp³-hybridized carbons (Fsp3) is 0.375. The molecule has 1 aliphatic carbocycles. The second-order valence-electron chi connectivity index (χ2n) is 5.99. The average Bonchev–Trinajstić information content (AvgIpc) is 2.95. The van der Waals surface area contributed by atoms with Gasteiger partial charge in [0.1, 0.15) is 12.9 Å². The van der Waals surface area contributed by atoms with E-state index in [0.717, 1.165) is 5.56 Å². The summed E-state index contributed by atoms with van der Waals surface area (Å²) in [5, 5.41) is 12.2. The van der Waals surface area contributed by atoms with Crippen LogP contribution in [-0.2, 0) is 14.2 Å². The van der Waals surface area contributed by atoms with Crippen LogP contribution in [0.4, 0.5) is 0 Å². The van der Waals surface area contributed by atoms with Crippen molar-refractivity contribution in [3.05, 3.63) is 48.0 Å². The molecule has 1 atom stereocenters. The molecule has 0 saturated heterocycles. The average molecular weight is 321 g/mol. The number of carboxylic acids is 1. The highest BCUT2D eigenvalue weighted by Crippen LogP contribution is 2.51. The van der Waals surface area contributed by atoms with Gasteiger partial charge in [-0.05, 0) is 31.7 Å². The van der Waals surface area contributed by atoms with Gasteiger partial charge in [-0.25, -0.2) is 0 Å². The molecule has 0 bridgehead atoms. The Kier molecular flexibility index (Phi) is 4.57. The molecule has 1 aliphatic rings. The first-order chi connectivity index (χ1) is 10.3. The standard InChI is InChI=1S/C16H20NO4P/c1-22(2,21)13(12-8-4-3-5-9-12)17-14(18)16(15(19)20)10-6-7-11-16/h3-9,13H,10-11H2,1-2H3,(H,17,18)(H,19,20)/t13-/m1/s1. The van der Waals surface area contributed by atoms with Crippen molar-refractivity contribution in [3.63, 3.8) is 0 Å². The molecule has 0 radical (unpaired) electrons. The Hall–Kier alpha value is -1.87. The summed E-state index contributed by atoms with van der Waals surface area (Å²) in [6.45, 7) is 3.18. The fourth-order valence-corrected chi connectivity index (χ4v) is 3.92. The summed E-state index contributed by atoms with van der Waals surface area (Å²) < 4.78 is 12.6. The van der Waals surface area contributed by atoms with Gasteiger partial charge in [0.25, 0.3) is 0 Å². The van der Waals surface area contributed by atoms with Crippen LogP contribution in [0.5, 0.6) is 0 Å². The predicted molar refractivity (Wildman–Crippen MR) is 85.2 cm³/mol. The Morgan fingerprint density at radius 3 is 2.18 bits per heavy atom. The van der Waals surface area contributed by atoms with E-state index in [9.17, 15) is 19.3 Å². The third-order valence-electron chi connectivity index (χ3n) is 3.95. The number of carbonyl (C=O) groups is 2. The summed E-state index contributed by atoms with van der Waals surface area (Å²) in [6, 6.07) is 9.00. The molecule has 0 heterocycles. The van der Waals surface area contributed by atoms with Crippen molar-refractivity contribution < 1.29 is 19.3 Å². The lowest BCUT2D eigenvalue weighted by molar-refractivity contribution is -0.155. The molecular weight excluding hydrogens is 301 g/mol. The molecular formula is C16H20NO4P. The van der Waals surface area contributed by atoms with Gasteiger partial charge in [0.2, 0.25) is 5.91 Å². The van der Waals surface area contributed by atoms with Crippen LogP contribution >= 0.6 is 7.14 Å². The van der Waals surface area contributed by atoms with Gasteiger partial charge in [-0.3, -0.25) is 9.59 Å². The van der Waals surface area contributed by atoms with Crippen molar-refractivity contribution in [3.8, 4) is 0 Å². The van der Waals surface area contributed by atoms with Gasteiger partial charge in [0.15, 0.2) is 5.41 Å². The zero-order valence-corrected chi connectivity index (χ0v) is 13.5. The molecule has 118 valence electrons. The maximum atomic E-state index is 12.6. The fourth-order valence-electron chi connectivity index (χ4n) is 2.60. The van der Waals surface area contributed by atoms with Crippen LogP contribution in [0.15, 0.2) is 42.5 Å². The van der Waals surface area contributed by atoms with Crippen LogP contribution in [0.25, 0.3) is 0 Å². The van der Waals surface area contributed by atoms with Gasteiger partial charge in [-0.2, -0.15) is 0 Å². The molecule has 1 aromatic carbocycles. The number of hydrogen-bond donors (Lipinski definition) is 2. The van der Waals surface area contributed by atoms with Crippen molar-refractivity contribution in [2.75, 3.05) is 13.3 Å². The van der Waals surface area contributed by atoms with E-state index < -0.39 is 30.2 Å². The molecule has 0 aliphatic heterocycles.